The number of aliphatic hydroxyl groups excluding tert-OH is 1. The first-order chi connectivity index (χ1) is 8.74. The molecule has 1 saturated carbocycles. The van der Waals surface area contributed by atoms with E-state index in [1.165, 1.54) is 12.8 Å². The number of aliphatic hydroxyl groups is 1. The van der Waals surface area contributed by atoms with Gasteiger partial charge in [0.25, 0.3) is 0 Å². The predicted molar refractivity (Wildman–Crippen MR) is 69.2 cm³/mol. The van der Waals surface area contributed by atoms with Crippen LogP contribution in [0, 0.1) is 5.92 Å². The van der Waals surface area contributed by atoms with Crippen LogP contribution in [-0.4, -0.2) is 48.3 Å². The summed E-state index contributed by atoms with van der Waals surface area (Å²) < 4.78 is 4.97. The molecule has 4 nitrogen and oxygen atoms in total. The minimum atomic E-state index is -0.223. The lowest BCUT2D eigenvalue weighted by Gasteiger charge is -2.43. The second kappa shape index (κ2) is 6.53. The molecule has 4 heteroatoms. The van der Waals surface area contributed by atoms with E-state index in [0.29, 0.717) is 0 Å². The van der Waals surface area contributed by atoms with Crippen molar-refractivity contribution in [2.75, 3.05) is 20.3 Å². The van der Waals surface area contributed by atoms with E-state index >= 15 is 0 Å². The average molecular weight is 255 g/mol. The van der Waals surface area contributed by atoms with Gasteiger partial charge in [0.1, 0.15) is 6.61 Å². The van der Waals surface area contributed by atoms with Crippen LogP contribution in [0.4, 0.5) is 0 Å². The lowest BCUT2D eigenvalue weighted by molar-refractivity contribution is -0.142. The first kappa shape index (κ1) is 13.8. The van der Waals surface area contributed by atoms with Crippen molar-refractivity contribution in [3.63, 3.8) is 0 Å². The first-order valence-corrected chi connectivity index (χ1v) is 7.20. The Labute approximate surface area is 109 Å². The molecule has 2 rings (SSSR count). The molecule has 18 heavy (non-hydrogen) atoms. The van der Waals surface area contributed by atoms with E-state index in [2.05, 4.69) is 0 Å². The summed E-state index contributed by atoms with van der Waals surface area (Å²) in [7, 11) is 1.56. The molecule has 1 heterocycles. The Balaban J connectivity index is 2.04. The third-order valence-electron chi connectivity index (χ3n) is 4.41. The smallest absolute Gasteiger partial charge is 0.248 e. The molecule has 1 aliphatic carbocycles. The SMILES string of the molecule is COCC(=O)N1CCCCC1C1CCCCC1O. The van der Waals surface area contributed by atoms with Crippen LogP contribution in [0.1, 0.15) is 44.9 Å². The summed E-state index contributed by atoms with van der Waals surface area (Å²) in [6.07, 6.45) is 7.33. The zero-order valence-corrected chi connectivity index (χ0v) is 11.3. The summed E-state index contributed by atoms with van der Waals surface area (Å²) in [5.41, 5.74) is 0. The zero-order valence-electron chi connectivity index (χ0n) is 11.3. The van der Waals surface area contributed by atoms with Crippen molar-refractivity contribution >= 4 is 5.91 Å². The number of hydrogen-bond donors (Lipinski definition) is 1. The molecule has 3 unspecified atom stereocenters. The molecule has 104 valence electrons. The van der Waals surface area contributed by atoms with Gasteiger partial charge in [0, 0.05) is 25.6 Å². The Morgan fingerprint density at radius 2 is 1.94 bits per heavy atom. The van der Waals surface area contributed by atoms with Gasteiger partial charge in [-0.15, -0.1) is 0 Å². The Bertz CT molecular complexity index is 282. The van der Waals surface area contributed by atoms with Crippen LogP contribution in [0.5, 0.6) is 0 Å². The number of likely N-dealkylation sites (tertiary alicyclic amines) is 1. The minimum absolute atomic E-state index is 0.0833. The van der Waals surface area contributed by atoms with E-state index in [4.69, 9.17) is 4.74 Å². The number of carbonyl (C=O) groups excluding carboxylic acids is 1. The first-order valence-electron chi connectivity index (χ1n) is 7.20. The molecule has 1 aliphatic heterocycles. The van der Waals surface area contributed by atoms with Gasteiger partial charge in [-0.2, -0.15) is 0 Å². The zero-order chi connectivity index (χ0) is 13.0. The van der Waals surface area contributed by atoms with E-state index in [9.17, 15) is 9.90 Å². The quantitative estimate of drug-likeness (QED) is 0.832. The predicted octanol–water partition coefficient (Wildman–Crippen LogP) is 1.56. The van der Waals surface area contributed by atoms with Gasteiger partial charge in [0.2, 0.25) is 5.91 Å². The van der Waals surface area contributed by atoms with Crippen LogP contribution in [0.2, 0.25) is 0 Å². The summed E-state index contributed by atoms with van der Waals surface area (Å²) in [4.78, 5) is 14.0. The van der Waals surface area contributed by atoms with E-state index in [-0.39, 0.29) is 30.6 Å². The van der Waals surface area contributed by atoms with Crippen molar-refractivity contribution in [3.05, 3.63) is 0 Å². The molecular formula is C14H25NO3. The van der Waals surface area contributed by atoms with Crippen molar-refractivity contribution in [3.8, 4) is 0 Å². The molecule has 0 spiro atoms. The minimum Gasteiger partial charge on any atom is -0.393 e. The Kier molecular flexibility index (Phi) is 5.01. The highest BCUT2D eigenvalue weighted by Crippen LogP contribution is 2.34. The van der Waals surface area contributed by atoms with Gasteiger partial charge in [-0.3, -0.25) is 4.79 Å². The average Bonchev–Trinajstić information content (AvgIpc) is 2.40. The highest BCUT2D eigenvalue weighted by Gasteiger charge is 2.37. The van der Waals surface area contributed by atoms with Gasteiger partial charge in [0.05, 0.1) is 6.10 Å². The molecule has 0 aromatic carbocycles. The van der Waals surface area contributed by atoms with E-state index in [1.807, 2.05) is 4.90 Å². The largest absolute Gasteiger partial charge is 0.393 e. The Hall–Kier alpha value is -0.610. The van der Waals surface area contributed by atoms with Gasteiger partial charge in [0.15, 0.2) is 0 Å². The summed E-state index contributed by atoms with van der Waals surface area (Å²) in [6.45, 7) is 0.995. The highest BCUT2D eigenvalue weighted by molar-refractivity contribution is 5.77. The maximum Gasteiger partial charge on any atom is 0.248 e. The normalized spacial score (nSPS) is 33.4. The second-order valence-corrected chi connectivity index (χ2v) is 5.60. The van der Waals surface area contributed by atoms with Crippen LogP contribution < -0.4 is 0 Å². The van der Waals surface area contributed by atoms with Gasteiger partial charge in [-0.05, 0) is 32.1 Å². The van der Waals surface area contributed by atoms with Crippen LogP contribution in [0.3, 0.4) is 0 Å². The summed E-state index contributed by atoms with van der Waals surface area (Å²) in [5.74, 6) is 0.361. The lowest BCUT2D eigenvalue weighted by atomic mass is 9.78. The molecule has 0 bridgehead atoms. The van der Waals surface area contributed by atoms with E-state index < -0.39 is 0 Å². The molecule has 1 saturated heterocycles. The number of amides is 1. The Morgan fingerprint density at radius 3 is 2.67 bits per heavy atom. The molecule has 0 radical (unpaired) electrons. The third kappa shape index (κ3) is 3.04. The maximum atomic E-state index is 12.1. The van der Waals surface area contributed by atoms with Crippen molar-refractivity contribution in [2.45, 2.75) is 57.1 Å². The van der Waals surface area contributed by atoms with Crippen LogP contribution in [0.15, 0.2) is 0 Å². The van der Waals surface area contributed by atoms with Crippen LogP contribution in [-0.2, 0) is 9.53 Å². The number of methoxy groups -OCH3 is 1. The van der Waals surface area contributed by atoms with Crippen molar-refractivity contribution < 1.29 is 14.6 Å². The van der Waals surface area contributed by atoms with Crippen molar-refractivity contribution in [2.24, 2.45) is 5.92 Å². The number of nitrogens with zero attached hydrogens (tertiary/aromatic N) is 1. The standard InChI is InChI=1S/C14H25NO3/c1-18-10-14(17)15-9-5-4-7-12(15)11-6-2-3-8-13(11)16/h11-13,16H,2-10H2,1H3. The van der Waals surface area contributed by atoms with Gasteiger partial charge in [-0.25, -0.2) is 0 Å². The maximum absolute atomic E-state index is 12.1. The summed E-state index contributed by atoms with van der Waals surface area (Å²) >= 11 is 0. The fraction of sp³-hybridized carbons (Fsp3) is 0.929. The number of ether oxygens (including phenoxy) is 1. The lowest BCUT2D eigenvalue weighted by Crippen LogP contribution is -2.52. The van der Waals surface area contributed by atoms with Crippen LogP contribution in [0.25, 0.3) is 0 Å². The van der Waals surface area contributed by atoms with E-state index in [0.717, 1.165) is 38.6 Å². The highest BCUT2D eigenvalue weighted by atomic mass is 16.5. The van der Waals surface area contributed by atoms with Crippen molar-refractivity contribution in [1.29, 1.82) is 0 Å². The summed E-state index contributed by atoms with van der Waals surface area (Å²) in [5, 5.41) is 10.2. The monoisotopic (exact) mass is 255 g/mol. The fourth-order valence-electron chi connectivity index (χ4n) is 3.51. The molecule has 2 aliphatic rings. The molecule has 3 atom stereocenters. The van der Waals surface area contributed by atoms with Gasteiger partial charge >= 0.3 is 0 Å². The van der Waals surface area contributed by atoms with E-state index in [1.54, 1.807) is 7.11 Å². The molecule has 1 amide bonds. The molecular weight excluding hydrogens is 230 g/mol. The van der Waals surface area contributed by atoms with Gasteiger partial charge in [-0.1, -0.05) is 12.8 Å². The third-order valence-corrected chi connectivity index (χ3v) is 4.41. The summed E-state index contributed by atoms with van der Waals surface area (Å²) in [6, 6.07) is 0.233. The number of piperidine rings is 1. The molecule has 0 aromatic rings. The molecule has 0 aromatic heterocycles. The second-order valence-electron chi connectivity index (χ2n) is 5.60. The topological polar surface area (TPSA) is 49.8 Å². The molecule has 2 fully saturated rings. The van der Waals surface area contributed by atoms with Crippen molar-refractivity contribution in [1.82, 2.24) is 4.90 Å². The fourth-order valence-corrected chi connectivity index (χ4v) is 3.51. The molecule has 1 N–H and O–H groups in total. The number of hydrogen-bond acceptors (Lipinski definition) is 3. The Morgan fingerprint density at radius 1 is 1.22 bits per heavy atom. The van der Waals surface area contributed by atoms with Gasteiger partial charge < -0.3 is 14.7 Å². The number of rotatable bonds is 3. The number of carbonyl (C=O) groups is 1. The van der Waals surface area contributed by atoms with Crippen LogP contribution >= 0.6 is 0 Å².